The number of nitrogens with one attached hydrogen (secondary N) is 1. The molecule has 0 radical (unpaired) electrons. The van der Waals surface area contributed by atoms with Gasteiger partial charge in [-0.25, -0.2) is 9.37 Å². The number of hydrogen-bond acceptors (Lipinski definition) is 3. The molecule has 112 valence electrons. The van der Waals surface area contributed by atoms with Crippen LogP contribution in [0.15, 0.2) is 18.2 Å². The Morgan fingerprint density at radius 1 is 1.38 bits per heavy atom. The minimum atomic E-state index is -0.149. The van der Waals surface area contributed by atoms with Crippen molar-refractivity contribution >= 4 is 11.3 Å². The Morgan fingerprint density at radius 2 is 2.24 bits per heavy atom. The molecular formula is C17H21FN2S. The molecule has 1 atom stereocenters. The molecule has 0 fully saturated rings. The third-order valence-electron chi connectivity index (χ3n) is 3.92. The first-order valence-electron chi connectivity index (χ1n) is 7.67. The van der Waals surface area contributed by atoms with Gasteiger partial charge in [0.1, 0.15) is 10.8 Å². The SMILES string of the molecule is CCCNC(c1nc2c(s1)CCC2)c1cc(C)ccc1F. The number of aromatic nitrogens is 1. The van der Waals surface area contributed by atoms with Crippen LogP contribution in [0.5, 0.6) is 0 Å². The highest BCUT2D eigenvalue weighted by molar-refractivity contribution is 7.11. The topological polar surface area (TPSA) is 24.9 Å². The van der Waals surface area contributed by atoms with E-state index < -0.39 is 0 Å². The van der Waals surface area contributed by atoms with Crippen molar-refractivity contribution in [3.8, 4) is 0 Å². The van der Waals surface area contributed by atoms with Gasteiger partial charge in [0, 0.05) is 10.4 Å². The van der Waals surface area contributed by atoms with E-state index in [4.69, 9.17) is 4.98 Å². The second-order valence-electron chi connectivity index (χ2n) is 5.69. The molecule has 0 bridgehead atoms. The number of fused-ring (bicyclic) bond motifs is 1. The van der Waals surface area contributed by atoms with Gasteiger partial charge in [0.15, 0.2) is 0 Å². The van der Waals surface area contributed by atoms with E-state index in [1.807, 2.05) is 19.1 Å². The van der Waals surface area contributed by atoms with E-state index in [1.165, 1.54) is 17.0 Å². The standard InChI is InChI=1S/C17H21FN2S/c1-3-9-19-16(12-10-11(2)7-8-13(12)18)17-20-14-5-4-6-15(14)21-17/h7-8,10,16,19H,3-6,9H2,1-2H3. The molecule has 1 aromatic carbocycles. The molecule has 0 saturated carbocycles. The van der Waals surface area contributed by atoms with Crippen LogP contribution >= 0.6 is 11.3 Å². The molecule has 0 amide bonds. The number of rotatable bonds is 5. The molecule has 3 rings (SSSR count). The van der Waals surface area contributed by atoms with Crippen LogP contribution in [0.2, 0.25) is 0 Å². The molecule has 1 aromatic heterocycles. The van der Waals surface area contributed by atoms with Gasteiger partial charge in [0.05, 0.1) is 11.7 Å². The Labute approximate surface area is 129 Å². The Hall–Kier alpha value is -1.26. The van der Waals surface area contributed by atoms with Crippen molar-refractivity contribution in [2.24, 2.45) is 0 Å². The van der Waals surface area contributed by atoms with Gasteiger partial charge in [0.2, 0.25) is 0 Å². The molecule has 1 heterocycles. The van der Waals surface area contributed by atoms with E-state index in [2.05, 4.69) is 12.2 Å². The number of thiazole rings is 1. The lowest BCUT2D eigenvalue weighted by atomic mass is 10.0. The van der Waals surface area contributed by atoms with E-state index in [-0.39, 0.29) is 11.9 Å². The fourth-order valence-corrected chi connectivity index (χ4v) is 4.09. The van der Waals surface area contributed by atoms with E-state index in [1.54, 1.807) is 17.4 Å². The average Bonchev–Trinajstić information content (AvgIpc) is 3.04. The second kappa shape index (κ2) is 6.24. The van der Waals surface area contributed by atoms with Crippen molar-refractivity contribution in [3.05, 3.63) is 50.7 Å². The summed E-state index contributed by atoms with van der Waals surface area (Å²) in [5, 5.41) is 4.48. The number of nitrogens with zero attached hydrogens (tertiary/aromatic N) is 1. The van der Waals surface area contributed by atoms with Gasteiger partial charge in [-0.2, -0.15) is 0 Å². The predicted molar refractivity (Wildman–Crippen MR) is 85.4 cm³/mol. The summed E-state index contributed by atoms with van der Waals surface area (Å²) in [4.78, 5) is 6.17. The fourth-order valence-electron chi connectivity index (χ4n) is 2.84. The largest absolute Gasteiger partial charge is 0.304 e. The van der Waals surface area contributed by atoms with Crippen molar-refractivity contribution in [2.45, 2.75) is 45.6 Å². The highest BCUT2D eigenvalue weighted by atomic mass is 32.1. The number of aryl methyl sites for hydroxylation is 3. The molecule has 2 nitrogen and oxygen atoms in total. The smallest absolute Gasteiger partial charge is 0.128 e. The summed E-state index contributed by atoms with van der Waals surface area (Å²) in [6, 6.07) is 5.19. The minimum absolute atomic E-state index is 0.125. The Morgan fingerprint density at radius 3 is 3.00 bits per heavy atom. The minimum Gasteiger partial charge on any atom is -0.304 e. The number of benzene rings is 1. The molecule has 1 aliphatic carbocycles. The van der Waals surface area contributed by atoms with Crippen LogP contribution in [0.3, 0.4) is 0 Å². The van der Waals surface area contributed by atoms with Crippen LogP contribution in [0.1, 0.15) is 52.5 Å². The quantitative estimate of drug-likeness (QED) is 0.897. The summed E-state index contributed by atoms with van der Waals surface area (Å²) in [6.45, 7) is 4.99. The van der Waals surface area contributed by atoms with Crippen LogP contribution in [-0.4, -0.2) is 11.5 Å². The highest BCUT2D eigenvalue weighted by Crippen LogP contribution is 2.34. The summed E-state index contributed by atoms with van der Waals surface area (Å²) < 4.78 is 14.3. The van der Waals surface area contributed by atoms with Gasteiger partial charge >= 0.3 is 0 Å². The molecule has 1 unspecified atom stereocenters. The van der Waals surface area contributed by atoms with Crippen molar-refractivity contribution in [1.29, 1.82) is 0 Å². The lowest BCUT2D eigenvalue weighted by molar-refractivity contribution is 0.544. The van der Waals surface area contributed by atoms with Crippen LogP contribution in [0.25, 0.3) is 0 Å². The molecule has 0 spiro atoms. The van der Waals surface area contributed by atoms with Gasteiger partial charge in [0.25, 0.3) is 0 Å². The maximum atomic E-state index is 14.3. The van der Waals surface area contributed by atoms with Crippen LogP contribution in [0.4, 0.5) is 4.39 Å². The molecule has 4 heteroatoms. The van der Waals surface area contributed by atoms with Crippen molar-refractivity contribution < 1.29 is 4.39 Å². The summed E-state index contributed by atoms with van der Waals surface area (Å²) in [5.74, 6) is -0.149. The third-order valence-corrected chi connectivity index (χ3v) is 5.14. The Balaban J connectivity index is 1.98. The Bertz CT molecular complexity index is 614. The maximum Gasteiger partial charge on any atom is 0.128 e. The summed E-state index contributed by atoms with van der Waals surface area (Å²) in [7, 11) is 0. The first-order valence-corrected chi connectivity index (χ1v) is 8.48. The van der Waals surface area contributed by atoms with E-state index in [0.29, 0.717) is 0 Å². The molecular weight excluding hydrogens is 283 g/mol. The average molecular weight is 304 g/mol. The molecule has 1 N–H and O–H groups in total. The lowest BCUT2D eigenvalue weighted by Crippen LogP contribution is -2.24. The summed E-state index contributed by atoms with van der Waals surface area (Å²) in [6.07, 6.45) is 4.43. The maximum absolute atomic E-state index is 14.3. The fraction of sp³-hybridized carbons (Fsp3) is 0.471. The second-order valence-corrected chi connectivity index (χ2v) is 6.80. The van der Waals surface area contributed by atoms with Gasteiger partial charge in [-0.1, -0.05) is 24.6 Å². The van der Waals surface area contributed by atoms with E-state index in [9.17, 15) is 4.39 Å². The zero-order valence-corrected chi connectivity index (χ0v) is 13.4. The van der Waals surface area contributed by atoms with Gasteiger partial charge in [-0.15, -0.1) is 11.3 Å². The summed E-state index contributed by atoms with van der Waals surface area (Å²) >= 11 is 1.75. The Kier molecular flexibility index (Phi) is 4.36. The molecule has 1 aliphatic rings. The number of halogens is 1. The van der Waals surface area contributed by atoms with Gasteiger partial charge < -0.3 is 5.32 Å². The molecule has 0 saturated heterocycles. The van der Waals surface area contributed by atoms with E-state index in [0.717, 1.165) is 41.9 Å². The highest BCUT2D eigenvalue weighted by Gasteiger charge is 2.24. The summed E-state index contributed by atoms with van der Waals surface area (Å²) in [5.41, 5.74) is 3.03. The van der Waals surface area contributed by atoms with Crippen LogP contribution < -0.4 is 5.32 Å². The first kappa shape index (κ1) is 14.7. The van der Waals surface area contributed by atoms with Crippen LogP contribution in [-0.2, 0) is 12.8 Å². The normalized spacial score (nSPS) is 15.2. The zero-order chi connectivity index (χ0) is 14.8. The number of hydrogen-bond donors (Lipinski definition) is 1. The van der Waals surface area contributed by atoms with Gasteiger partial charge in [-0.3, -0.25) is 0 Å². The molecule has 21 heavy (non-hydrogen) atoms. The van der Waals surface area contributed by atoms with Crippen LogP contribution in [0, 0.1) is 12.7 Å². The van der Waals surface area contributed by atoms with Crippen molar-refractivity contribution in [2.75, 3.05) is 6.54 Å². The van der Waals surface area contributed by atoms with E-state index >= 15 is 0 Å². The lowest BCUT2D eigenvalue weighted by Gasteiger charge is -2.18. The molecule has 0 aliphatic heterocycles. The zero-order valence-electron chi connectivity index (χ0n) is 12.6. The first-order chi connectivity index (χ1) is 10.2. The molecule has 2 aromatic rings. The predicted octanol–water partition coefficient (Wildman–Crippen LogP) is 4.17. The third kappa shape index (κ3) is 3.01. The van der Waals surface area contributed by atoms with Crippen molar-refractivity contribution in [3.63, 3.8) is 0 Å². The van der Waals surface area contributed by atoms with Gasteiger partial charge in [-0.05, 0) is 45.2 Å². The van der Waals surface area contributed by atoms with Crippen molar-refractivity contribution in [1.82, 2.24) is 10.3 Å². The monoisotopic (exact) mass is 304 g/mol.